The number of pyridine rings is 1. The van der Waals surface area contributed by atoms with E-state index in [2.05, 4.69) is 4.98 Å². The monoisotopic (exact) mass is 191 g/mol. The minimum atomic E-state index is -0.944. The third-order valence-electron chi connectivity index (χ3n) is 1.68. The summed E-state index contributed by atoms with van der Waals surface area (Å²) in [5.41, 5.74) is 0.758. The second-order valence-electron chi connectivity index (χ2n) is 2.73. The molecule has 0 atom stereocenters. The van der Waals surface area contributed by atoms with Crippen molar-refractivity contribution >= 4 is 11.7 Å². The van der Waals surface area contributed by atoms with Gasteiger partial charge in [-0.25, -0.2) is 4.98 Å². The lowest BCUT2D eigenvalue weighted by molar-refractivity contribution is -0.135. The molecule has 0 fully saturated rings. The number of aromatic nitrogens is 1. The van der Waals surface area contributed by atoms with Crippen LogP contribution in [0.5, 0.6) is 0 Å². The number of likely N-dealkylation sites (N-methyl/N-ethyl adjacent to an activating group) is 1. The molecular weight excluding hydrogens is 182 g/mol. The van der Waals surface area contributed by atoms with E-state index >= 15 is 0 Å². The summed E-state index contributed by atoms with van der Waals surface area (Å²) in [5, 5.41) is 17.3. The van der Waals surface area contributed by atoms with Crippen molar-refractivity contribution in [1.29, 1.82) is 5.26 Å². The zero-order chi connectivity index (χ0) is 10.6. The van der Waals surface area contributed by atoms with Crippen molar-refractivity contribution in [2.75, 3.05) is 18.5 Å². The fourth-order valence-electron chi connectivity index (χ4n) is 1.08. The maximum absolute atomic E-state index is 10.4. The SMILES string of the molecule is CN(CC(=O)O)c1cccnc1C#N. The summed E-state index contributed by atoms with van der Waals surface area (Å²) in [6.07, 6.45) is 1.50. The smallest absolute Gasteiger partial charge is 0.323 e. The molecule has 72 valence electrons. The summed E-state index contributed by atoms with van der Waals surface area (Å²) in [4.78, 5) is 15.7. The first-order valence-corrected chi connectivity index (χ1v) is 3.93. The molecule has 0 unspecified atom stereocenters. The largest absolute Gasteiger partial charge is 0.480 e. The van der Waals surface area contributed by atoms with Gasteiger partial charge < -0.3 is 10.0 Å². The van der Waals surface area contributed by atoms with Crippen molar-refractivity contribution in [2.24, 2.45) is 0 Å². The van der Waals surface area contributed by atoms with Gasteiger partial charge in [0.25, 0.3) is 0 Å². The number of carboxylic acid groups (broad SMARTS) is 1. The molecule has 1 rings (SSSR count). The lowest BCUT2D eigenvalue weighted by Gasteiger charge is -2.16. The maximum Gasteiger partial charge on any atom is 0.323 e. The van der Waals surface area contributed by atoms with Crippen LogP contribution in [0.1, 0.15) is 5.69 Å². The first-order valence-electron chi connectivity index (χ1n) is 3.93. The van der Waals surface area contributed by atoms with Gasteiger partial charge in [0, 0.05) is 13.2 Å². The van der Waals surface area contributed by atoms with Crippen LogP contribution in [0.4, 0.5) is 5.69 Å². The Morgan fingerprint density at radius 3 is 3.07 bits per heavy atom. The van der Waals surface area contributed by atoms with Crippen LogP contribution < -0.4 is 4.90 Å². The summed E-state index contributed by atoms with van der Waals surface area (Å²) in [7, 11) is 1.60. The normalized spacial score (nSPS) is 9.14. The summed E-state index contributed by atoms with van der Waals surface area (Å²) >= 11 is 0. The fraction of sp³-hybridized carbons (Fsp3) is 0.222. The van der Waals surface area contributed by atoms with Crippen LogP contribution in [0.2, 0.25) is 0 Å². The minimum Gasteiger partial charge on any atom is -0.480 e. The highest BCUT2D eigenvalue weighted by molar-refractivity contribution is 5.74. The van der Waals surface area contributed by atoms with Crippen LogP contribution in [-0.4, -0.2) is 29.7 Å². The molecule has 0 aliphatic heterocycles. The van der Waals surface area contributed by atoms with E-state index in [-0.39, 0.29) is 12.2 Å². The Balaban J connectivity index is 2.95. The molecule has 0 bridgehead atoms. The molecule has 0 aliphatic carbocycles. The van der Waals surface area contributed by atoms with Crippen molar-refractivity contribution in [3.8, 4) is 6.07 Å². The molecule has 0 saturated carbocycles. The Labute approximate surface area is 81.2 Å². The third-order valence-corrected chi connectivity index (χ3v) is 1.68. The number of hydrogen-bond acceptors (Lipinski definition) is 4. The topological polar surface area (TPSA) is 77.2 Å². The van der Waals surface area contributed by atoms with E-state index in [0.717, 1.165) is 0 Å². The number of rotatable bonds is 3. The Hall–Kier alpha value is -2.09. The number of anilines is 1. The molecule has 1 aromatic rings. The number of carboxylic acids is 1. The van der Waals surface area contributed by atoms with Gasteiger partial charge in [0.1, 0.15) is 12.6 Å². The second kappa shape index (κ2) is 4.23. The van der Waals surface area contributed by atoms with Gasteiger partial charge in [-0.15, -0.1) is 0 Å². The zero-order valence-electron chi connectivity index (χ0n) is 7.64. The molecule has 1 aromatic heterocycles. The predicted molar refractivity (Wildman–Crippen MR) is 49.9 cm³/mol. The molecule has 14 heavy (non-hydrogen) atoms. The van der Waals surface area contributed by atoms with E-state index < -0.39 is 5.97 Å². The van der Waals surface area contributed by atoms with Crippen molar-refractivity contribution < 1.29 is 9.90 Å². The van der Waals surface area contributed by atoms with Gasteiger partial charge in [-0.2, -0.15) is 5.26 Å². The number of nitriles is 1. The van der Waals surface area contributed by atoms with Crippen molar-refractivity contribution in [3.63, 3.8) is 0 Å². The van der Waals surface area contributed by atoms with Gasteiger partial charge in [-0.05, 0) is 12.1 Å². The van der Waals surface area contributed by atoms with E-state index in [4.69, 9.17) is 10.4 Å². The number of hydrogen-bond donors (Lipinski definition) is 1. The fourth-order valence-corrected chi connectivity index (χ4v) is 1.08. The van der Waals surface area contributed by atoms with Crippen LogP contribution in [0.3, 0.4) is 0 Å². The van der Waals surface area contributed by atoms with Gasteiger partial charge in [0.15, 0.2) is 5.69 Å². The van der Waals surface area contributed by atoms with Crippen LogP contribution in [0.25, 0.3) is 0 Å². The average Bonchev–Trinajstić information content (AvgIpc) is 2.16. The number of nitrogens with zero attached hydrogens (tertiary/aromatic N) is 3. The van der Waals surface area contributed by atoms with E-state index in [9.17, 15) is 4.79 Å². The van der Waals surface area contributed by atoms with Gasteiger partial charge in [0.2, 0.25) is 0 Å². The van der Waals surface area contributed by atoms with Crippen molar-refractivity contribution in [3.05, 3.63) is 24.0 Å². The highest BCUT2D eigenvalue weighted by Crippen LogP contribution is 2.14. The van der Waals surface area contributed by atoms with Gasteiger partial charge >= 0.3 is 5.97 Å². The van der Waals surface area contributed by atoms with E-state index in [1.165, 1.54) is 11.1 Å². The molecule has 0 spiro atoms. The lowest BCUT2D eigenvalue weighted by Crippen LogP contribution is -2.25. The summed E-state index contributed by atoms with van der Waals surface area (Å²) in [5.74, 6) is -0.944. The van der Waals surface area contributed by atoms with Crippen LogP contribution in [0.15, 0.2) is 18.3 Å². The van der Waals surface area contributed by atoms with E-state index in [1.807, 2.05) is 6.07 Å². The maximum atomic E-state index is 10.4. The summed E-state index contributed by atoms with van der Waals surface area (Å²) < 4.78 is 0. The molecule has 1 heterocycles. The summed E-state index contributed by atoms with van der Waals surface area (Å²) in [6, 6.07) is 5.23. The standard InChI is InChI=1S/C9H9N3O2/c1-12(6-9(13)14)8-3-2-4-11-7(8)5-10/h2-4H,6H2,1H3,(H,13,14). The highest BCUT2D eigenvalue weighted by atomic mass is 16.4. The summed E-state index contributed by atoms with van der Waals surface area (Å²) in [6.45, 7) is -0.152. The molecule has 0 aromatic carbocycles. The lowest BCUT2D eigenvalue weighted by atomic mass is 10.3. The second-order valence-corrected chi connectivity index (χ2v) is 2.73. The first-order chi connectivity index (χ1) is 6.65. The van der Waals surface area contributed by atoms with Gasteiger partial charge in [-0.1, -0.05) is 0 Å². The average molecular weight is 191 g/mol. The number of carbonyl (C=O) groups is 1. The molecule has 0 amide bonds. The van der Waals surface area contributed by atoms with Crippen molar-refractivity contribution in [1.82, 2.24) is 4.98 Å². The third kappa shape index (κ3) is 2.20. The molecule has 0 aliphatic rings. The minimum absolute atomic E-state index is 0.152. The van der Waals surface area contributed by atoms with Crippen LogP contribution >= 0.6 is 0 Å². The predicted octanol–water partition coefficient (Wildman–Crippen LogP) is 0.474. The Morgan fingerprint density at radius 1 is 1.79 bits per heavy atom. The molecule has 5 nitrogen and oxygen atoms in total. The first kappa shape index (κ1) is 9.99. The van der Waals surface area contributed by atoms with Gasteiger partial charge in [0.05, 0.1) is 5.69 Å². The Kier molecular flexibility index (Phi) is 3.02. The molecule has 1 N–H and O–H groups in total. The molecule has 5 heteroatoms. The quantitative estimate of drug-likeness (QED) is 0.751. The zero-order valence-corrected chi connectivity index (χ0v) is 7.64. The van der Waals surface area contributed by atoms with Crippen LogP contribution in [0, 0.1) is 11.3 Å². The Bertz CT molecular complexity index is 384. The van der Waals surface area contributed by atoms with E-state index in [1.54, 1.807) is 19.2 Å². The highest BCUT2D eigenvalue weighted by Gasteiger charge is 2.09. The van der Waals surface area contributed by atoms with Crippen molar-refractivity contribution in [2.45, 2.75) is 0 Å². The van der Waals surface area contributed by atoms with Crippen LogP contribution in [-0.2, 0) is 4.79 Å². The molecule has 0 saturated heterocycles. The van der Waals surface area contributed by atoms with Gasteiger partial charge in [-0.3, -0.25) is 4.79 Å². The molecule has 0 radical (unpaired) electrons. The molecular formula is C9H9N3O2. The van der Waals surface area contributed by atoms with E-state index in [0.29, 0.717) is 5.69 Å². The Morgan fingerprint density at radius 2 is 2.50 bits per heavy atom. The number of aliphatic carboxylic acids is 1.